The van der Waals surface area contributed by atoms with Crippen molar-refractivity contribution < 1.29 is 14.3 Å². The number of carbonyl (C=O) groups excluding carboxylic acids is 2. The topological polar surface area (TPSA) is 53.1 Å². The summed E-state index contributed by atoms with van der Waals surface area (Å²) in [6.07, 6.45) is 3.12. The molecule has 0 saturated carbocycles. The van der Waals surface area contributed by atoms with Gasteiger partial charge < -0.3 is 19.4 Å². The van der Waals surface area contributed by atoms with Crippen molar-refractivity contribution in [2.75, 3.05) is 52.9 Å². The first-order valence-corrected chi connectivity index (χ1v) is 10.0. The van der Waals surface area contributed by atoms with Crippen molar-refractivity contribution in [3.05, 3.63) is 29.8 Å². The van der Waals surface area contributed by atoms with Gasteiger partial charge in [0.05, 0.1) is 7.11 Å². The minimum Gasteiger partial charge on any atom is -0.497 e. The fourth-order valence-corrected chi connectivity index (χ4v) is 4.00. The second-order valence-electron chi connectivity index (χ2n) is 7.70. The molecule has 3 rings (SSSR count). The van der Waals surface area contributed by atoms with Gasteiger partial charge >= 0.3 is 0 Å². The molecule has 0 bridgehead atoms. The molecule has 0 spiro atoms. The van der Waals surface area contributed by atoms with E-state index in [1.807, 2.05) is 28.0 Å². The molecule has 2 aliphatic rings. The van der Waals surface area contributed by atoms with E-state index in [4.69, 9.17) is 4.74 Å². The maximum atomic E-state index is 12.7. The lowest BCUT2D eigenvalue weighted by Crippen LogP contribution is -2.51. The average molecular weight is 373 g/mol. The van der Waals surface area contributed by atoms with E-state index in [2.05, 4.69) is 11.8 Å². The van der Waals surface area contributed by atoms with Gasteiger partial charge in [-0.2, -0.15) is 0 Å². The third kappa shape index (κ3) is 5.22. The number of carbonyl (C=O) groups is 2. The average Bonchev–Trinajstić information content (AvgIpc) is 2.71. The third-order valence-electron chi connectivity index (χ3n) is 5.62. The van der Waals surface area contributed by atoms with Crippen molar-refractivity contribution in [3.8, 4) is 5.75 Å². The molecule has 0 radical (unpaired) electrons. The summed E-state index contributed by atoms with van der Waals surface area (Å²) in [5.41, 5.74) is 0.633. The Balaban J connectivity index is 1.45. The van der Waals surface area contributed by atoms with E-state index < -0.39 is 0 Å². The molecule has 2 aliphatic heterocycles. The second kappa shape index (κ2) is 9.22. The minimum atomic E-state index is 0.00306. The van der Waals surface area contributed by atoms with Crippen molar-refractivity contribution in [1.29, 1.82) is 0 Å². The molecule has 6 nitrogen and oxygen atoms in total. The van der Waals surface area contributed by atoms with E-state index in [0.29, 0.717) is 43.9 Å². The van der Waals surface area contributed by atoms with Crippen molar-refractivity contribution in [3.63, 3.8) is 0 Å². The largest absolute Gasteiger partial charge is 0.497 e. The van der Waals surface area contributed by atoms with Gasteiger partial charge in [0, 0.05) is 51.3 Å². The molecule has 0 N–H and O–H groups in total. The molecule has 2 saturated heterocycles. The summed E-state index contributed by atoms with van der Waals surface area (Å²) in [4.78, 5) is 31.3. The molecular weight excluding hydrogens is 342 g/mol. The molecule has 0 aliphatic carbocycles. The third-order valence-corrected chi connectivity index (χ3v) is 5.62. The van der Waals surface area contributed by atoms with Crippen LogP contribution in [0.4, 0.5) is 0 Å². The van der Waals surface area contributed by atoms with Crippen LogP contribution in [0.2, 0.25) is 0 Å². The van der Waals surface area contributed by atoms with Crippen LogP contribution in [0, 0.1) is 5.92 Å². The first-order valence-electron chi connectivity index (χ1n) is 10.0. The summed E-state index contributed by atoms with van der Waals surface area (Å²) in [7, 11) is 1.60. The Morgan fingerprint density at radius 3 is 2.56 bits per heavy atom. The Labute approximate surface area is 162 Å². The number of rotatable bonds is 5. The fraction of sp³-hybridized carbons (Fsp3) is 0.619. The Bertz CT molecular complexity index is 656. The van der Waals surface area contributed by atoms with Crippen molar-refractivity contribution >= 4 is 11.8 Å². The van der Waals surface area contributed by atoms with Gasteiger partial charge in [-0.3, -0.25) is 9.59 Å². The molecule has 148 valence electrons. The van der Waals surface area contributed by atoms with Gasteiger partial charge in [-0.1, -0.05) is 13.0 Å². The fourth-order valence-electron chi connectivity index (χ4n) is 4.00. The number of piperazine rings is 1. The molecular formula is C21H31N3O3. The summed E-state index contributed by atoms with van der Waals surface area (Å²) in [6, 6.07) is 7.23. The standard InChI is InChI=1S/C21H31N3O3/c1-17-5-4-9-22(16-17)10-8-20(25)23-11-13-24(14-12-23)21(26)18-6-3-7-19(15-18)27-2/h3,6-7,15,17H,4-5,8-14,16H2,1-2H3/t17-/m1/s1. The van der Waals surface area contributed by atoms with E-state index in [9.17, 15) is 9.59 Å². The molecule has 0 aromatic heterocycles. The molecule has 1 atom stereocenters. The smallest absolute Gasteiger partial charge is 0.254 e. The first-order chi connectivity index (χ1) is 13.1. The van der Waals surface area contributed by atoms with Crippen molar-refractivity contribution in [2.24, 2.45) is 5.92 Å². The predicted molar refractivity (Wildman–Crippen MR) is 105 cm³/mol. The summed E-state index contributed by atoms with van der Waals surface area (Å²) in [5, 5.41) is 0. The van der Waals surface area contributed by atoms with Crippen LogP contribution >= 0.6 is 0 Å². The van der Waals surface area contributed by atoms with Crippen LogP contribution in [0.15, 0.2) is 24.3 Å². The Morgan fingerprint density at radius 1 is 1.11 bits per heavy atom. The SMILES string of the molecule is COc1cccc(C(=O)N2CCN(C(=O)CCN3CCC[C@@H](C)C3)CC2)c1. The summed E-state index contributed by atoms with van der Waals surface area (Å²) >= 11 is 0. The number of amides is 2. The molecule has 1 aromatic rings. The van der Waals surface area contributed by atoms with Crippen LogP contribution in [-0.4, -0.2) is 79.4 Å². The van der Waals surface area contributed by atoms with E-state index in [0.717, 1.165) is 25.6 Å². The van der Waals surface area contributed by atoms with E-state index in [-0.39, 0.29) is 11.8 Å². The van der Waals surface area contributed by atoms with Gasteiger partial charge in [-0.05, 0) is 43.5 Å². The highest BCUT2D eigenvalue weighted by Crippen LogP contribution is 2.17. The van der Waals surface area contributed by atoms with E-state index in [1.165, 1.54) is 12.8 Å². The number of likely N-dealkylation sites (tertiary alicyclic amines) is 1. The molecule has 0 unspecified atom stereocenters. The van der Waals surface area contributed by atoms with Gasteiger partial charge in [-0.25, -0.2) is 0 Å². The van der Waals surface area contributed by atoms with Crippen LogP contribution in [-0.2, 0) is 4.79 Å². The molecule has 2 fully saturated rings. The maximum absolute atomic E-state index is 12.7. The number of hydrogen-bond acceptors (Lipinski definition) is 4. The van der Waals surface area contributed by atoms with Gasteiger partial charge in [-0.15, -0.1) is 0 Å². The molecule has 27 heavy (non-hydrogen) atoms. The van der Waals surface area contributed by atoms with E-state index >= 15 is 0 Å². The zero-order chi connectivity index (χ0) is 19.2. The van der Waals surface area contributed by atoms with Crippen LogP contribution in [0.25, 0.3) is 0 Å². The van der Waals surface area contributed by atoms with E-state index in [1.54, 1.807) is 13.2 Å². The summed E-state index contributed by atoms with van der Waals surface area (Å²) in [5.74, 6) is 1.63. The molecule has 2 heterocycles. The van der Waals surface area contributed by atoms with Crippen molar-refractivity contribution in [2.45, 2.75) is 26.2 Å². The Hall–Kier alpha value is -2.08. The highest BCUT2D eigenvalue weighted by molar-refractivity contribution is 5.94. The minimum absolute atomic E-state index is 0.00306. The number of ether oxygens (including phenoxy) is 1. The van der Waals surface area contributed by atoms with Crippen molar-refractivity contribution in [1.82, 2.24) is 14.7 Å². The lowest BCUT2D eigenvalue weighted by molar-refractivity contribution is -0.133. The van der Waals surface area contributed by atoms with Gasteiger partial charge in [0.15, 0.2) is 0 Å². The van der Waals surface area contributed by atoms with Gasteiger partial charge in [0.1, 0.15) is 5.75 Å². The number of benzene rings is 1. The Kier molecular flexibility index (Phi) is 6.72. The predicted octanol–water partition coefficient (Wildman–Crippen LogP) is 2.10. The highest BCUT2D eigenvalue weighted by atomic mass is 16.5. The lowest BCUT2D eigenvalue weighted by Gasteiger charge is -2.36. The zero-order valence-corrected chi connectivity index (χ0v) is 16.5. The first kappa shape index (κ1) is 19.7. The highest BCUT2D eigenvalue weighted by Gasteiger charge is 2.25. The van der Waals surface area contributed by atoms with Gasteiger partial charge in [0.25, 0.3) is 5.91 Å². The Morgan fingerprint density at radius 2 is 1.85 bits per heavy atom. The molecule has 1 aromatic carbocycles. The number of hydrogen-bond donors (Lipinski definition) is 0. The number of nitrogens with zero attached hydrogens (tertiary/aromatic N) is 3. The summed E-state index contributed by atoms with van der Waals surface area (Å²) in [6.45, 7) is 7.76. The van der Waals surface area contributed by atoms with Crippen LogP contribution in [0.1, 0.15) is 36.5 Å². The quantitative estimate of drug-likeness (QED) is 0.793. The number of piperidine rings is 1. The molecule has 2 amide bonds. The van der Waals surface area contributed by atoms with Crippen LogP contribution in [0.3, 0.4) is 0 Å². The van der Waals surface area contributed by atoms with Crippen LogP contribution < -0.4 is 4.74 Å². The lowest BCUT2D eigenvalue weighted by atomic mass is 10.0. The zero-order valence-electron chi connectivity index (χ0n) is 16.5. The summed E-state index contributed by atoms with van der Waals surface area (Å²) < 4.78 is 5.20. The number of methoxy groups -OCH3 is 1. The maximum Gasteiger partial charge on any atom is 0.254 e. The normalized spacial score (nSPS) is 21.2. The molecule has 6 heteroatoms. The second-order valence-corrected chi connectivity index (χ2v) is 7.70. The van der Waals surface area contributed by atoms with Crippen LogP contribution in [0.5, 0.6) is 5.75 Å². The monoisotopic (exact) mass is 373 g/mol. The van der Waals surface area contributed by atoms with Gasteiger partial charge in [0.2, 0.25) is 5.91 Å².